The molecule has 0 bridgehead atoms. The fourth-order valence-corrected chi connectivity index (χ4v) is 4.33. The number of carbonyl (C=O) groups is 2. The Kier molecular flexibility index (Phi) is 4.65. The van der Waals surface area contributed by atoms with E-state index in [4.69, 9.17) is 9.26 Å². The van der Waals surface area contributed by atoms with E-state index < -0.39 is 0 Å². The molecule has 1 saturated heterocycles. The molecular formula is C23H23N3O4. The van der Waals surface area contributed by atoms with Crippen LogP contribution in [0.5, 0.6) is 0 Å². The zero-order valence-corrected chi connectivity index (χ0v) is 16.9. The van der Waals surface area contributed by atoms with Gasteiger partial charge in [0.2, 0.25) is 0 Å². The monoisotopic (exact) mass is 405 g/mol. The van der Waals surface area contributed by atoms with Crippen LogP contribution in [0.2, 0.25) is 0 Å². The van der Waals surface area contributed by atoms with Crippen LogP contribution in [0.15, 0.2) is 34.9 Å². The van der Waals surface area contributed by atoms with Crippen LogP contribution < -0.4 is 10.2 Å². The third kappa shape index (κ3) is 2.93. The quantitative estimate of drug-likeness (QED) is 0.383. The van der Waals surface area contributed by atoms with Crippen molar-refractivity contribution >= 4 is 34.0 Å². The normalized spacial score (nSPS) is 14.8. The highest BCUT2D eigenvalue weighted by Gasteiger charge is 2.33. The lowest BCUT2D eigenvalue weighted by atomic mass is 9.86. The van der Waals surface area contributed by atoms with E-state index in [9.17, 15) is 9.59 Å². The van der Waals surface area contributed by atoms with Crippen molar-refractivity contribution in [2.45, 2.75) is 26.2 Å². The molecule has 3 aromatic rings. The number of anilines is 2. The summed E-state index contributed by atoms with van der Waals surface area (Å²) in [5.74, 6) is 0.349. The van der Waals surface area contributed by atoms with E-state index in [-0.39, 0.29) is 18.4 Å². The summed E-state index contributed by atoms with van der Waals surface area (Å²) in [5.41, 5.74) is 4.39. The van der Waals surface area contributed by atoms with Crippen LogP contribution in [0.3, 0.4) is 0 Å². The van der Waals surface area contributed by atoms with Gasteiger partial charge in [-0.05, 0) is 18.9 Å². The highest BCUT2D eigenvalue weighted by molar-refractivity contribution is 6.28. The van der Waals surface area contributed by atoms with Crippen molar-refractivity contribution in [2.24, 2.45) is 0 Å². The Balaban J connectivity index is 1.62. The zero-order valence-electron chi connectivity index (χ0n) is 16.9. The summed E-state index contributed by atoms with van der Waals surface area (Å²) in [4.78, 5) is 27.1. The number of fused-ring (bicyclic) bond motifs is 2. The van der Waals surface area contributed by atoms with Gasteiger partial charge in [-0.15, -0.1) is 0 Å². The average Bonchev–Trinajstić information content (AvgIpc) is 3.45. The van der Waals surface area contributed by atoms with Gasteiger partial charge in [-0.2, -0.15) is 0 Å². The van der Waals surface area contributed by atoms with Crippen LogP contribution >= 0.6 is 0 Å². The number of nitrogens with one attached hydrogen (secondary N) is 1. The summed E-state index contributed by atoms with van der Waals surface area (Å²) in [6.07, 6.45) is 2.60. The predicted octanol–water partition coefficient (Wildman–Crippen LogP) is 4.00. The van der Waals surface area contributed by atoms with E-state index in [1.807, 2.05) is 30.3 Å². The van der Waals surface area contributed by atoms with Gasteiger partial charge in [-0.1, -0.05) is 36.3 Å². The molecule has 1 fully saturated rings. The maximum Gasteiger partial charge on any atom is 0.305 e. The van der Waals surface area contributed by atoms with E-state index in [1.165, 1.54) is 0 Å². The number of rotatable bonds is 6. The molecule has 0 atom stereocenters. The molecule has 5 rings (SSSR count). The van der Waals surface area contributed by atoms with Crippen molar-refractivity contribution in [3.05, 3.63) is 41.5 Å². The van der Waals surface area contributed by atoms with E-state index >= 15 is 0 Å². The molecule has 1 aliphatic carbocycles. The van der Waals surface area contributed by atoms with Crippen molar-refractivity contribution in [3.63, 3.8) is 0 Å². The highest BCUT2D eigenvalue weighted by Crippen LogP contribution is 2.46. The Bertz CT molecular complexity index is 1140. The van der Waals surface area contributed by atoms with E-state index in [0.29, 0.717) is 29.9 Å². The first-order valence-corrected chi connectivity index (χ1v) is 10.4. The molecule has 7 heteroatoms. The Labute approximate surface area is 174 Å². The van der Waals surface area contributed by atoms with Crippen molar-refractivity contribution < 1.29 is 18.8 Å². The number of benzene rings is 2. The van der Waals surface area contributed by atoms with E-state index in [0.717, 1.165) is 53.8 Å². The molecule has 154 valence electrons. The predicted molar refractivity (Wildman–Crippen MR) is 114 cm³/mol. The molecule has 0 spiro atoms. The highest BCUT2D eigenvalue weighted by atomic mass is 16.5. The van der Waals surface area contributed by atoms with Crippen molar-refractivity contribution in [3.8, 4) is 11.3 Å². The van der Waals surface area contributed by atoms with Crippen molar-refractivity contribution in [1.82, 2.24) is 5.16 Å². The molecule has 0 radical (unpaired) electrons. The van der Waals surface area contributed by atoms with Gasteiger partial charge in [-0.25, -0.2) is 0 Å². The first-order chi connectivity index (χ1) is 14.7. The topological polar surface area (TPSA) is 84.7 Å². The number of ether oxygens (including phenoxy) is 1. The van der Waals surface area contributed by atoms with Crippen LogP contribution in [0.25, 0.3) is 22.2 Å². The molecule has 1 N–H and O–H groups in total. The van der Waals surface area contributed by atoms with E-state index in [2.05, 4.69) is 15.4 Å². The number of esters is 1. The van der Waals surface area contributed by atoms with Gasteiger partial charge < -0.3 is 19.5 Å². The number of hydrogen-bond donors (Lipinski definition) is 1. The second-order valence-corrected chi connectivity index (χ2v) is 7.62. The lowest BCUT2D eigenvalue weighted by Crippen LogP contribution is -2.21. The molecular weight excluding hydrogens is 382 g/mol. The van der Waals surface area contributed by atoms with Gasteiger partial charge in [0, 0.05) is 42.9 Å². The summed E-state index contributed by atoms with van der Waals surface area (Å²) in [7, 11) is 0. The number of aromatic nitrogens is 1. The fourth-order valence-electron chi connectivity index (χ4n) is 4.33. The Hall–Kier alpha value is -3.35. The Morgan fingerprint density at radius 1 is 1.23 bits per heavy atom. The summed E-state index contributed by atoms with van der Waals surface area (Å²) in [5, 5.41) is 8.45. The number of ketones is 1. The number of hydrogen-bond acceptors (Lipinski definition) is 7. The minimum absolute atomic E-state index is 0.0488. The molecule has 30 heavy (non-hydrogen) atoms. The molecule has 1 aliphatic heterocycles. The average molecular weight is 405 g/mol. The molecule has 2 aliphatic rings. The molecule has 7 nitrogen and oxygen atoms in total. The second-order valence-electron chi connectivity index (χ2n) is 7.62. The maximum atomic E-state index is 13.4. The summed E-state index contributed by atoms with van der Waals surface area (Å²) in [6.45, 7) is 4.33. The molecule has 0 unspecified atom stereocenters. The standard InChI is InChI=1S/C23H23N3O4/c1-2-18(27)29-12-9-24-16-13-17(26-10-5-6-11-26)21-20-19(16)22(28)14-7-3-4-8-15(14)23(20)30-25-21/h3-4,7-8,13,24H,2,5-6,9-12H2,1H3. The second kappa shape index (κ2) is 7.48. The Morgan fingerprint density at radius 2 is 2.00 bits per heavy atom. The largest absolute Gasteiger partial charge is 0.464 e. The van der Waals surface area contributed by atoms with E-state index in [1.54, 1.807) is 6.92 Å². The fraction of sp³-hybridized carbons (Fsp3) is 0.348. The molecule has 2 aromatic carbocycles. The van der Waals surface area contributed by atoms with Crippen LogP contribution in [-0.2, 0) is 9.53 Å². The lowest BCUT2D eigenvalue weighted by Gasteiger charge is -2.23. The van der Waals surface area contributed by atoms with Crippen LogP contribution in [-0.4, -0.2) is 43.2 Å². The van der Waals surface area contributed by atoms with Gasteiger partial charge >= 0.3 is 5.97 Å². The molecule has 0 saturated carbocycles. The molecule has 1 aromatic heterocycles. The van der Waals surface area contributed by atoms with Crippen molar-refractivity contribution in [1.29, 1.82) is 0 Å². The van der Waals surface area contributed by atoms with Gasteiger partial charge in [0.05, 0.1) is 16.6 Å². The van der Waals surface area contributed by atoms with Gasteiger partial charge in [0.1, 0.15) is 12.1 Å². The van der Waals surface area contributed by atoms with Gasteiger partial charge in [0.15, 0.2) is 11.5 Å². The minimum atomic E-state index is -0.238. The first-order valence-electron chi connectivity index (χ1n) is 10.4. The zero-order chi connectivity index (χ0) is 20.7. The third-order valence-electron chi connectivity index (χ3n) is 5.79. The Morgan fingerprint density at radius 3 is 2.77 bits per heavy atom. The third-order valence-corrected chi connectivity index (χ3v) is 5.79. The molecule has 2 heterocycles. The SMILES string of the molecule is CCC(=O)OCCNc1cc(N2CCCC2)c2noc3c2c1C(=O)c1ccccc1-3. The van der Waals surface area contributed by atoms with Crippen LogP contribution in [0.4, 0.5) is 11.4 Å². The summed E-state index contributed by atoms with van der Waals surface area (Å²) >= 11 is 0. The van der Waals surface area contributed by atoms with Crippen molar-refractivity contribution in [2.75, 3.05) is 36.5 Å². The number of nitrogens with zero attached hydrogens (tertiary/aromatic N) is 2. The maximum absolute atomic E-state index is 13.4. The lowest BCUT2D eigenvalue weighted by molar-refractivity contribution is -0.142. The number of carbonyl (C=O) groups excluding carboxylic acids is 2. The summed E-state index contributed by atoms with van der Waals surface area (Å²) in [6, 6.07) is 9.46. The first kappa shape index (κ1) is 18.7. The minimum Gasteiger partial charge on any atom is -0.464 e. The van der Waals surface area contributed by atoms with Crippen LogP contribution in [0.1, 0.15) is 42.1 Å². The summed E-state index contributed by atoms with van der Waals surface area (Å²) < 4.78 is 11.0. The smallest absolute Gasteiger partial charge is 0.305 e. The van der Waals surface area contributed by atoms with Gasteiger partial charge in [0.25, 0.3) is 0 Å². The molecule has 0 amide bonds. The van der Waals surface area contributed by atoms with Crippen LogP contribution in [0, 0.1) is 0 Å². The van der Waals surface area contributed by atoms with Gasteiger partial charge in [-0.3, -0.25) is 9.59 Å².